The molecule has 0 spiro atoms. The molecule has 160 valence electrons. The number of methoxy groups -OCH3 is 2. The fraction of sp³-hybridized carbons (Fsp3) is 0.391. The first kappa shape index (κ1) is 22.0. The van der Waals surface area contributed by atoms with Crippen molar-refractivity contribution in [3.8, 4) is 11.5 Å². The molecule has 2 unspecified atom stereocenters. The maximum Gasteiger partial charge on any atom is 0.255 e. The summed E-state index contributed by atoms with van der Waals surface area (Å²) in [6.45, 7) is 4.67. The van der Waals surface area contributed by atoms with E-state index < -0.39 is 6.04 Å². The number of nitrogens with one attached hydrogen (secondary N) is 1. The van der Waals surface area contributed by atoms with Crippen molar-refractivity contribution in [2.45, 2.75) is 25.3 Å². The molecule has 1 aliphatic rings. The van der Waals surface area contributed by atoms with E-state index in [1.807, 2.05) is 50.2 Å². The Labute approximate surface area is 181 Å². The number of hydrogen-bond donors (Lipinski definition) is 1. The van der Waals surface area contributed by atoms with Crippen molar-refractivity contribution in [1.29, 1.82) is 0 Å². The van der Waals surface area contributed by atoms with Gasteiger partial charge in [-0.1, -0.05) is 38.1 Å². The number of amides is 2. The van der Waals surface area contributed by atoms with E-state index in [-0.39, 0.29) is 17.2 Å². The first-order valence-corrected chi connectivity index (χ1v) is 11.0. The van der Waals surface area contributed by atoms with E-state index in [1.165, 1.54) is 0 Å². The summed E-state index contributed by atoms with van der Waals surface area (Å²) in [5, 5.41) is 2.68. The van der Waals surface area contributed by atoms with E-state index in [1.54, 1.807) is 43.0 Å². The van der Waals surface area contributed by atoms with Gasteiger partial charge in [-0.25, -0.2) is 0 Å². The molecule has 1 N–H and O–H groups in total. The average molecular weight is 429 g/mol. The summed E-state index contributed by atoms with van der Waals surface area (Å²) in [5.74, 6) is 1.80. The molecular formula is C23H28N2O4S. The van der Waals surface area contributed by atoms with Gasteiger partial charge in [-0.15, -0.1) is 11.8 Å². The van der Waals surface area contributed by atoms with E-state index in [9.17, 15) is 9.59 Å². The van der Waals surface area contributed by atoms with Gasteiger partial charge in [0.25, 0.3) is 5.91 Å². The van der Waals surface area contributed by atoms with Gasteiger partial charge < -0.3 is 19.7 Å². The summed E-state index contributed by atoms with van der Waals surface area (Å²) < 4.78 is 10.8. The third kappa shape index (κ3) is 4.73. The van der Waals surface area contributed by atoms with Crippen LogP contribution in [0.25, 0.3) is 0 Å². The summed E-state index contributed by atoms with van der Waals surface area (Å²) in [7, 11) is 3.17. The topological polar surface area (TPSA) is 67.9 Å². The highest BCUT2D eigenvalue weighted by Gasteiger charge is 2.42. The Morgan fingerprint density at radius 3 is 2.43 bits per heavy atom. The summed E-state index contributed by atoms with van der Waals surface area (Å²) in [6, 6.07) is 14.2. The normalized spacial score (nSPS) is 18.4. The summed E-state index contributed by atoms with van der Waals surface area (Å²) >= 11 is 1.58. The molecule has 30 heavy (non-hydrogen) atoms. The van der Waals surface area contributed by atoms with E-state index in [0.29, 0.717) is 35.3 Å². The van der Waals surface area contributed by atoms with Crippen molar-refractivity contribution in [2.75, 3.05) is 26.5 Å². The van der Waals surface area contributed by atoms with E-state index >= 15 is 0 Å². The number of hydrogen-bond acceptors (Lipinski definition) is 5. The van der Waals surface area contributed by atoms with Crippen LogP contribution in [0, 0.1) is 5.92 Å². The Morgan fingerprint density at radius 1 is 1.10 bits per heavy atom. The number of thioether (sulfide) groups is 1. The molecule has 1 heterocycles. The van der Waals surface area contributed by atoms with Crippen molar-refractivity contribution in [2.24, 2.45) is 5.92 Å². The smallest absolute Gasteiger partial charge is 0.255 e. The number of rotatable bonds is 7. The molecule has 2 atom stereocenters. The molecule has 2 aromatic rings. The zero-order valence-corrected chi connectivity index (χ0v) is 18.6. The maximum atomic E-state index is 13.4. The van der Waals surface area contributed by atoms with Crippen molar-refractivity contribution >= 4 is 23.6 Å². The molecule has 0 saturated carbocycles. The molecule has 1 fully saturated rings. The molecular weight excluding hydrogens is 400 g/mol. The summed E-state index contributed by atoms with van der Waals surface area (Å²) in [4.78, 5) is 28.1. The second-order valence-electron chi connectivity index (χ2n) is 7.53. The lowest BCUT2D eigenvalue weighted by molar-refractivity contribution is -0.125. The minimum absolute atomic E-state index is 0.122. The van der Waals surface area contributed by atoms with Crippen LogP contribution in [-0.2, 0) is 4.79 Å². The Bertz CT molecular complexity index is 888. The Morgan fingerprint density at radius 2 is 1.80 bits per heavy atom. The van der Waals surface area contributed by atoms with Crippen LogP contribution in [0.15, 0.2) is 48.5 Å². The highest BCUT2D eigenvalue weighted by Crippen LogP contribution is 2.44. The first-order valence-electron chi connectivity index (χ1n) is 9.95. The van der Waals surface area contributed by atoms with Crippen LogP contribution in [0.2, 0.25) is 0 Å². The van der Waals surface area contributed by atoms with Gasteiger partial charge in [-0.3, -0.25) is 9.59 Å². The largest absolute Gasteiger partial charge is 0.493 e. The van der Waals surface area contributed by atoms with Crippen LogP contribution in [0.4, 0.5) is 0 Å². The van der Waals surface area contributed by atoms with E-state index in [2.05, 4.69) is 5.32 Å². The van der Waals surface area contributed by atoms with Crippen LogP contribution >= 0.6 is 11.8 Å². The molecule has 0 aliphatic carbocycles. The predicted molar refractivity (Wildman–Crippen MR) is 119 cm³/mol. The Balaban J connectivity index is 1.95. The molecule has 1 saturated heterocycles. The number of carbonyl (C=O) groups is 2. The van der Waals surface area contributed by atoms with Gasteiger partial charge in [-0.05, 0) is 35.7 Å². The van der Waals surface area contributed by atoms with E-state index in [0.717, 1.165) is 5.56 Å². The lowest BCUT2D eigenvalue weighted by Crippen LogP contribution is -2.48. The zero-order chi connectivity index (χ0) is 21.7. The average Bonchev–Trinajstić information content (AvgIpc) is 3.22. The lowest BCUT2D eigenvalue weighted by atomic mass is 10.1. The van der Waals surface area contributed by atoms with Gasteiger partial charge in [0.05, 0.1) is 14.2 Å². The SMILES string of the molecule is COc1ccc(C2SCC(C(=O)NCC(C)C)N2C(=O)c2ccccc2)cc1OC. The standard InChI is InChI=1S/C23H28N2O4S/c1-15(2)13-24-21(26)18-14-30-23(17-10-11-19(28-3)20(12-17)29-4)25(18)22(27)16-8-6-5-7-9-16/h5-12,15,18,23H,13-14H2,1-4H3,(H,24,26). The fourth-order valence-electron chi connectivity index (χ4n) is 3.37. The number of benzene rings is 2. The predicted octanol–water partition coefficient (Wildman–Crippen LogP) is 3.73. The van der Waals surface area contributed by atoms with Crippen LogP contribution in [0.3, 0.4) is 0 Å². The molecule has 7 heteroatoms. The molecule has 0 bridgehead atoms. The van der Waals surface area contributed by atoms with Crippen LogP contribution in [0.1, 0.15) is 35.1 Å². The van der Waals surface area contributed by atoms with Crippen LogP contribution in [0.5, 0.6) is 11.5 Å². The minimum atomic E-state index is -0.542. The quantitative estimate of drug-likeness (QED) is 0.728. The summed E-state index contributed by atoms with van der Waals surface area (Å²) in [6.07, 6.45) is 0. The molecule has 1 aliphatic heterocycles. The van der Waals surface area contributed by atoms with Crippen molar-refractivity contribution in [1.82, 2.24) is 10.2 Å². The molecule has 0 aromatic heterocycles. The van der Waals surface area contributed by atoms with E-state index in [4.69, 9.17) is 9.47 Å². The van der Waals surface area contributed by atoms with Crippen molar-refractivity contribution in [3.63, 3.8) is 0 Å². The van der Waals surface area contributed by atoms with Crippen molar-refractivity contribution in [3.05, 3.63) is 59.7 Å². The second kappa shape index (κ2) is 9.89. The minimum Gasteiger partial charge on any atom is -0.493 e. The van der Waals surface area contributed by atoms with Gasteiger partial charge >= 0.3 is 0 Å². The Hall–Kier alpha value is -2.67. The molecule has 2 aromatic carbocycles. The van der Waals surface area contributed by atoms with Gasteiger partial charge in [0.1, 0.15) is 11.4 Å². The molecule has 3 rings (SSSR count). The van der Waals surface area contributed by atoms with Crippen LogP contribution in [-0.4, -0.2) is 49.3 Å². The van der Waals surface area contributed by atoms with Crippen molar-refractivity contribution < 1.29 is 19.1 Å². The highest BCUT2D eigenvalue weighted by molar-refractivity contribution is 7.99. The highest BCUT2D eigenvalue weighted by atomic mass is 32.2. The maximum absolute atomic E-state index is 13.4. The first-order chi connectivity index (χ1) is 14.5. The monoisotopic (exact) mass is 428 g/mol. The van der Waals surface area contributed by atoms with Gasteiger partial charge in [0.15, 0.2) is 11.5 Å². The third-order valence-corrected chi connectivity index (χ3v) is 6.26. The van der Waals surface area contributed by atoms with Gasteiger partial charge in [0, 0.05) is 17.9 Å². The van der Waals surface area contributed by atoms with Gasteiger partial charge in [0.2, 0.25) is 5.91 Å². The third-order valence-electron chi connectivity index (χ3n) is 4.94. The molecule has 0 radical (unpaired) electrons. The number of nitrogens with zero attached hydrogens (tertiary/aromatic N) is 1. The fourth-order valence-corrected chi connectivity index (χ4v) is 4.79. The van der Waals surface area contributed by atoms with Gasteiger partial charge in [-0.2, -0.15) is 0 Å². The lowest BCUT2D eigenvalue weighted by Gasteiger charge is -2.29. The second-order valence-corrected chi connectivity index (χ2v) is 8.65. The van der Waals surface area contributed by atoms with Crippen LogP contribution < -0.4 is 14.8 Å². The molecule has 2 amide bonds. The number of ether oxygens (including phenoxy) is 2. The summed E-state index contributed by atoms with van der Waals surface area (Å²) in [5.41, 5.74) is 1.45. The number of carbonyl (C=O) groups excluding carboxylic acids is 2. The Kier molecular flexibility index (Phi) is 7.26. The zero-order valence-electron chi connectivity index (χ0n) is 17.8. The molecule has 6 nitrogen and oxygen atoms in total.